The van der Waals surface area contributed by atoms with Gasteiger partial charge in [-0.25, -0.2) is 14.5 Å². The zero-order valence-corrected chi connectivity index (χ0v) is 9.58. The van der Waals surface area contributed by atoms with Gasteiger partial charge in [-0.1, -0.05) is 0 Å². The van der Waals surface area contributed by atoms with E-state index in [0.717, 1.165) is 0 Å². The fourth-order valence-electron chi connectivity index (χ4n) is 1.34. The highest BCUT2D eigenvalue weighted by atomic mass is 16.5. The maximum atomic E-state index is 11.4. The van der Waals surface area contributed by atoms with Gasteiger partial charge in [0.2, 0.25) is 0 Å². The van der Waals surface area contributed by atoms with Gasteiger partial charge in [-0.3, -0.25) is 4.79 Å². The zero-order chi connectivity index (χ0) is 13.1. The number of ether oxygens (including phenoxy) is 1. The van der Waals surface area contributed by atoms with Crippen molar-refractivity contribution in [2.24, 2.45) is 0 Å². The number of hydrogen-bond acceptors (Lipinski definition) is 6. The van der Waals surface area contributed by atoms with E-state index in [1.165, 1.54) is 23.4 Å². The first kappa shape index (κ1) is 11.8. The molecule has 0 spiro atoms. The minimum atomic E-state index is -0.493. The average Bonchev–Trinajstić information content (AvgIpc) is 2.82. The van der Waals surface area contributed by atoms with Gasteiger partial charge in [0, 0.05) is 6.20 Å². The predicted octanol–water partition coefficient (Wildman–Crippen LogP) is -0.286. The molecule has 0 radical (unpaired) electrons. The van der Waals surface area contributed by atoms with Crippen LogP contribution in [0.25, 0.3) is 5.82 Å². The molecule has 0 saturated carbocycles. The molecule has 2 aromatic rings. The number of carbonyl (C=O) groups excluding carboxylic acids is 1. The number of anilines is 1. The van der Waals surface area contributed by atoms with Crippen LogP contribution in [-0.2, 0) is 4.74 Å². The molecule has 0 aliphatic heterocycles. The third-order valence-corrected chi connectivity index (χ3v) is 2.18. The molecule has 0 aliphatic rings. The van der Waals surface area contributed by atoms with Gasteiger partial charge in [0.15, 0.2) is 5.82 Å². The molecular formula is C10H11N5O3. The summed E-state index contributed by atoms with van der Waals surface area (Å²) in [6.07, 6.45) is 3.93. The van der Waals surface area contributed by atoms with Crippen molar-refractivity contribution in [2.45, 2.75) is 6.92 Å². The summed E-state index contributed by atoms with van der Waals surface area (Å²) in [5, 5.41) is 3.91. The van der Waals surface area contributed by atoms with Crippen molar-refractivity contribution in [3.8, 4) is 5.82 Å². The summed E-state index contributed by atoms with van der Waals surface area (Å²) in [4.78, 5) is 29.0. The number of H-pyrrole nitrogens is 1. The third kappa shape index (κ3) is 2.08. The molecule has 0 amide bonds. The summed E-state index contributed by atoms with van der Waals surface area (Å²) in [5.74, 6) is -0.332. The highest BCUT2D eigenvalue weighted by Crippen LogP contribution is 2.09. The highest BCUT2D eigenvalue weighted by Gasteiger charge is 2.13. The Labute approximate surface area is 101 Å². The number of nitrogens with one attached hydrogen (secondary N) is 1. The van der Waals surface area contributed by atoms with Crippen molar-refractivity contribution in [3.05, 3.63) is 34.6 Å². The second-order valence-electron chi connectivity index (χ2n) is 3.36. The summed E-state index contributed by atoms with van der Waals surface area (Å²) in [6.45, 7) is 1.98. The quantitative estimate of drug-likeness (QED) is 0.722. The Morgan fingerprint density at radius 2 is 2.39 bits per heavy atom. The van der Waals surface area contributed by atoms with E-state index in [1.54, 1.807) is 6.92 Å². The maximum Gasteiger partial charge on any atom is 0.341 e. The van der Waals surface area contributed by atoms with E-state index >= 15 is 0 Å². The predicted molar refractivity (Wildman–Crippen MR) is 62.3 cm³/mol. The molecule has 18 heavy (non-hydrogen) atoms. The second kappa shape index (κ2) is 4.70. The first-order valence-corrected chi connectivity index (χ1v) is 5.18. The molecule has 3 N–H and O–H groups in total. The van der Waals surface area contributed by atoms with Gasteiger partial charge in [0.1, 0.15) is 5.69 Å². The van der Waals surface area contributed by atoms with Crippen LogP contribution in [0.15, 0.2) is 23.5 Å². The fraction of sp³-hybridized carbons (Fsp3) is 0.200. The lowest BCUT2D eigenvalue weighted by molar-refractivity contribution is 0.0526. The molecule has 8 nitrogen and oxygen atoms in total. The van der Waals surface area contributed by atoms with Gasteiger partial charge in [0.25, 0.3) is 5.56 Å². The number of rotatable bonds is 3. The molecule has 0 unspecified atom stereocenters. The van der Waals surface area contributed by atoms with Crippen LogP contribution in [0.2, 0.25) is 0 Å². The Bertz CT molecular complexity index is 630. The molecule has 8 heteroatoms. The summed E-state index contributed by atoms with van der Waals surface area (Å²) in [6, 6.07) is 0. The van der Waals surface area contributed by atoms with E-state index in [4.69, 9.17) is 10.5 Å². The normalized spacial score (nSPS) is 10.3. The van der Waals surface area contributed by atoms with Gasteiger partial charge in [-0.15, -0.1) is 0 Å². The molecular weight excluding hydrogens is 238 g/mol. The topological polar surface area (TPSA) is 116 Å². The number of hydrogen-bond donors (Lipinski definition) is 2. The zero-order valence-electron chi connectivity index (χ0n) is 9.58. The van der Waals surface area contributed by atoms with E-state index < -0.39 is 11.5 Å². The first-order valence-electron chi connectivity index (χ1n) is 5.18. The second-order valence-corrected chi connectivity index (χ2v) is 3.36. The van der Waals surface area contributed by atoms with E-state index in [1.807, 2.05) is 0 Å². The lowest BCUT2D eigenvalue weighted by Crippen LogP contribution is -2.16. The van der Waals surface area contributed by atoms with Crippen molar-refractivity contribution >= 4 is 11.7 Å². The molecule has 2 rings (SSSR count). The molecule has 0 bridgehead atoms. The SMILES string of the molecule is CCOC(=O)c1cnn(-c2nc[nH]c(=O)c2N)c1. The Kier molecular flexibility index (Phi) is 3.09. The van der Waals surface area contributed by atoms with Crippen LogP contribution < -0.4 is 11.3 Å². The lowest BCUT2D eigenvalue weighted by Gasteiger charge is -2.01. The summed E-state index contributed by atoms with van der Waals surface area (Å²) in [7, 11) is 0. The Hall–Kier alpha value is -2.64. The maximum absolute atomic E-state index is 11.4. The van der Waals surface area contributed by atoms with Crippen LogP contribution in [-0.4, -0.2) is 32.3 Å². The van der Waals surface area contributed by atoms with Crippen LogP contribution in [0.4, 0.5) is 5.69 Å². The average molecular weight is 249 g/mol. The molecule has 0 aliphatic carbocycles. The molecule has 0 saturated heterocycles. The number of nitrogens with two attached hydrogens (primary N) is 1. The summed E-state index contributed by atoms with van der Waals surface area (Å²) in [5.41, 5.74) is 5.30. The Morgan fingerprint density at radius 1 is 1.61 bits per heavy atom. The van der Waals surface area contributed by atoms with E-state index in [2.05, 4.69) is 15.1 Å². The van der Waals surface area contributed by atoms with E-state index in [-0.39, 0.29) is 23.7 Å². The highest BCUT2D eigenvalue weighted by molar-refractivity contribution is 5.88. The minimum absolute atomic E-state index is 0.0731. The van der Waals surface area contributed by atoms with Gasteiger partial charge in [0.05, 0.1) is 24.7 Å². The van der Waals surface area contributed by atoms with Crippen LogP contribution in [0.3, 0.4) is 0 Å². The third-order valence-electron chi connectivity index (χ3n) is 2.18. The van der Waals surface area contributed by atoms with E-state index in [0.29, 0.717) is 0 Å². The van der Waals surface area contributed by atoms with Gasteiger partial charge < -0.3 is 15.5 Å². The summed E-state index contributed by atoms with van der Waals surface area (Å²) < 4.78 is 6.07. The number of aromatic amines is 1. The molecule has 2 aromatic heterocycles. The van der Waals surface area contributed by atoms with Crippen molar-refractivity contribution < 1.29 is 9.53 Å². The first-order chi connectivity index (χ1) is 8.63. The number of aromatic nitrogens is 4. The van der Waals surface area contributed by atoms with Crippen molar-refractivity contribution in [1.29, 1.82) is 0 Å². The van der Waals surface area contributed by atoms with Crippen molar-refractivity contribution in [1.82, 2.24) is 19.7 Å². The summed E-state index contributed by atoms with van der Waals surface area (Å²) >= 11 is 0. The number of nitrogens with zero attached hydrogens (tertiary/aromatic N) is 3. The smallest absolute Gasteiger partial charge is 0.341 e. The molecule has 0 atom stereocenters. The van der Waals surface area contributed by atoms with Crippen LogP contribution in [0, 0.1) is 0 Å². The molecule has 0 fully saturated rings. The van der Waals surface area contributed by atoms with Gasteiger partial charge in [-0.05, 0) is 6.92 Å². The van der Waals surface area contributed by atoms with Crippen LogP contribution in [0.1, 0.15) is 17.3 Å². The van der Waals surface area contributed by atoms with Crippen molar-refractivity contribution in [3.63, 3.8) is 0 Å². The van der Waals surface area contributed by atoms with Gasteiger partial charge in [-0.2, -0.15) is 5.10 Å². The standard InChI is InChI=1S/C10H11N5O3/c1-2-18-10(17)6-3-14-15(4-6)8-7(11)9(16)13-5-12-8/h3-5H,2,11H2,1H3,(H,12,13,16). The molecule has 94 valence electrons. The van der Waals surface area contributed by atoms with E-state index in [9.17, 15) is 9.59 Å². The molecule has 0 aromatic carbocycles. The van der Waals surface area contributed by atoms with Gasteiger partial charge >= 0.3 is 5.97 Å². The van der Waals surface area contributed by atoms with Crippen LogP contribution >= 0.6 is 0 Å². The van der Waals surface area contributed by atoms with Crippen LogP contribution in [0.5, 0.6) is 0 Å². The molecule has 2 heterocycles. The minimum Gasteiger partial charge on any atom is -0.462 e. The largest absolute Gasteiger partial charge is 0.462 e. The lowest BCUT2D eigenvalue weighted by atomic mass is 10.4. The number of carbonyl (C=O) groups is 1. The Morgan fingerprint density at radius 3 is 3.11 bits per heavy atom. The number of esters is 1. The van der Waals surface area contributed by atoms with Crippen molar-refractivity contribution in [2.75, 3.05) is 12.3 Å². The monoisotopic (exact) mass is 249 g/mol. The fourth-order valence-corrected chi connectivity index (χ4v) is 1.34. The number of nitrogen functional groups attached to an aromatic ring is 1. The Balaban J connectivity index is 2.38.